The first-order valence-corrected chi connectivity index (χ1v) is 10.5. The summed E-state index contributed by atoms with van der Waals surface area (Å²) in [6.07, 6.45) is 2.12. The van der Waals surface area contributed by atoms with E-state index < -0.39 is 5.79 Å². The van der Waals surface area contributed by atoms with Crippen LogP contribution in [0.2, 0.25) is 0 Å². The summed E-state index contributed by atoms with van der Waals surface area (Å²) in [7, 11) is 0. The maximum Gasteiger partial charge on any atom is 0.187 e. The number of rotatable bonds is 8. The maximum atomic E-state index is 6.43. The van der Waals surface area contributed by atoms with Crippen LogP contribution in [-0.2, 0) is 18.9 Å². The van der Waals surface area contributed by atoms with Crippen LogP contribution < -0.4 is 0 Å². The molecule has 2 heterocycles. The van der Waals surface area contributed by atoms with Crippen molar-refractivity contribution in [1.82, 2.24) is 0 Å². The fraction of sp³-hybridized carbons (Fsp3) is 0.739. The van der Waals surface area contributed by atoms with Gasteiger partial charge in [-0.25, -0.2) is 0 Å². The molecule has 2 aliphatic rings. The Balaban J connectivity index is 1.74. The quantitative estimate of drug-likeness (QED) is 0.631. The predicted molar refractivity (Wildman–Crippen MR) is 107 cm³/mol. The van der Waals surface area contributed by atoms with E-state index in [1.54, 1.807) is 0 Å². The van der Waals surface area contributed by atoms with E-state index in [4.69, 9.17) is 18.9 Å². The van der Waals surface area contributed by atoms with Gasteiger partial charge in [-0.1, -0.05) is 44.2 Å². The van der Waals surface area contributed by atoms with Gasteiger partial charge in [0.15, 0.2) is 12.1 Å². The van der Waals surface area contributed by atoms with E-state index >= 15 is 0 Å². The molecule has 152 valence electrons. The van der Waals surface area contributed by atoms with Crippen LogP contribution in [0, 0.1) is 11.8 Å². The molecule has 0 spiro atoms. The summed E-state index contributed by atoms with van der Waals surface area (Å²) >= 11 is 0. The Hall–Kier alpha value is -0.940. The molecule has 1 aromatic carbocycles. The topological polar surface area (TPSA) is 36.9 Å². The van der Waals surface area contributed by atoms with E-state index in [1.165, 1.54) is 5.56 Å². The molecule has 2 fully saturated rings. The summed E-state index contributed by atoms with van der Waals surface area (Å²) in [6.45, 7) is 13.3. The van der Waals surface area contributed by atoms with Crippen molar-refractivity contribution >= 4 is 0 Å². The molecule has 0 aliphatic carbocycles. The van der Waals surface area contributed by atoms with Crippen molar-refractivity contribution in [2.45, 2.75) is 90.7 Å². The van der Waals surface area contributed by atoms with E-state index in [9.17, 15) is 0 Å². The van der Waals surface area contributed by atoms with Crippen LogP contribution in [0.4, 0.5) is 0 Å². The zero-order valence-corrected chi connectivity index (χ0v) is 17.7. The summed E-state index contributed by atoms with van der Waals surface area (Å²) in [4.78, 5) is 0. The minimum atomic E-state index is -0.561. The Bertz CT molecular complexity index is 585. The second-order valence-electron chi connectivity index (χ2n) is 8.83. The van der Waals surface area contributed by atoms with Crippen LogP contribution in [0.5, 0.6) is 0 Å². The van der Waals surface area contributed by atoms with Gasteiger partial charge in [-0.3, -0.25) is 0 Å². The van der Waals surface area contributed by atoms with Gasteiger partial charge in [0.05, 0.1) is 18.8 Å². The fourth-order valence-electron chi connectivity index (χ4n) is 4.51. The third kappa shape index (κ3) is 4.92. The lowest BCUT2D eigenvalue weighted by Gasteiger charge is -2.32. The third-order valence-corrected chi connectivity index (χ3v) is 5.83. The number of hydrogen-bond acceptors (Lipinski definition) is 4. The van der Waals surface area contributed by atoms with E-state index in [1.807, 2.05) is 13.8 Å². The summed E-state index contributed by atoms with van der Waals surface area (Å²) in [5.41, 5.74) is 1.37. The molecule has 27 heavy (non-hydrogen) atoms. The molecule has 1 aromatic rings. The molecule has 0 aromatic heterocycles. The molecular formula is C23H36O4. The molecule has 3 rings (SSSR count). The molecule has 4 heteroatoms. The zero-order chi connectivity index (χ0) is 19.6. The summed E-state index contributed by atoms with van der Waals surface area (Å²) in [5, 5.41) is 0. The highest BCUT2D eigenvalue weighted by Gasteiger charge is 2.55. The number of benzene rings is 1. The average Bonchev–Trinajstić information content (AvgIpc) is 3.10. The molecule has 2 aliphatic heterocycles. The first kappa shape index (κ1) is 20.8. The Morgan fingerprint density at radius 2 is 1.78 bits per heavy atom. The van der Waals surface area contributed by atoms with E-state index in [2.05, 4.69) is 58.0 Å². The Labute approximate surface area is 164 Å². The van der Waals surface area contributed by atoms with Gasteiger partial charge >= 0.3 is 0 Å². The molecule has 0 bridgehead atoms. The van der Waals surface area contributed by atoms with Crippen molar-refractivity contribution < 1.29 is 18.9 Å². The van der Waals surface area contributed by atoms with Gasteiger partial charge in [0.2, 0.25) is 0 Å². The lowest BCUT2D eigenvalue weighted by atomic mass is 9.81. The smallest absolute Gasteiger partial charge is 0.187 e. The van der Waals surface area contributed by atoms with Crippen LogP contribution in [0.25, 0.3) is 0 Å². The average molecular weight is 377 g/mol. The molecule has 0 amide bonds. The van der Waals surface area contributed by atoms with Gasteiger partial charge in [-0.2, -0.15) is 0 Å². The largest absolute Gasteiger partial charge is 0.378 e. The van der Waals surface area contributed by atoms with Gasteiger partial charge < -0.3 is 18.9 Å². The van der Waals surface area contributed by atoms with Crippen LogP contribution in [0.1, 0.15) is 65.9 Å². The third-order valence-electron chi connectivity index (χ3n) is 5.83. The van der Waals surface area contributed by atoms with Crippen molar-refractivity contribution in [1.29, 1.82) is 0 Å². The highest BCUT2D eigenvalue weighted by molar-refractivity contribution is 5.19. The molecule has 6 unspecified atom stereocenters. The van der Waals surface area contributed by atoms with E-state index in [0.717, 1.165) is 12.8 Å². The Morgan fingerprint density at radius 1 is 1.07 bits per heavy atom. The molecule has 0 radical (unpaired) electrons. The highest BCUT2D eigenvalue weighted by Crippen LogP contribution is 2.45. The molecule has 4 nitrogen and oxygen atoms in total. The minimum absolute atomic E-state index is 0.0172. The molecular weight excluding hydrogens is 340 g/mol. The van der Waals surface area contributed by atoms with Crippen LogP contribution in [0.15, 0.2) is 30.3 Å². The summed E-state index contributed by atoms with van der Waals surface area (Å²) in [5.74, 6) is 0.537. The second-order valence-corrected chi connectivity index (χ2v) is 8.83. The van der Waals surface area contributed by atoms with Gasteiger partial charge in [0.25, 0.3) is 0 Å². The van der Waals surface area contributed by atoms with Crippen molar-refractivity contribution in [3.63, 3.8) is 0 Å². The first-order chi connectivity index (χ1) is 12.8. The highest BCUT2D eigenvalue weighted by atomic mass is 16.8. The Morgan fingerprint density at radius 3 is 2.41 bits per heavy atom. The van der Waals surface area contributed by atoms with Crippen LogP contribution in [0.3, 0.4) is 0 Å². The molecule has 6 atom stereocenters. The number of hydrogen-bond donors (Lipinski definition) is 0. The van der Waals surface area contributed by atoms with Crippen LogP contribution >= 0.6 is 0 Å². The maximum absolute atomic E-state index is 6.43. The summed E-state index contributed by atoms with van der Waals surface area (Å²) < 4.78 is 24.7. The van der Waals surface area contributed by atoms with Crippen molar-refractivity contribution in [2.75, 3.05) is 6.61 Å². The molecule has 0 N–H and O–H groups in total. The summed E-state index contributed by atoms with van der Waals surface area (Å²) in [6, 6.07) is 10.7. The second kappa shape index (κ2) is 8.60. The Kier molecular flexibility index (Phi) is 6.62. The van der Waals surface area contributed by atoms with E-state index in [0.29, 0.717) is 24.4 Å². The lowest BCUT2D eigenvalue weighted by molar-refractivity contribution is -0.218. The van der Waals surface area contributed by atoms with Crippen LogP contribution in [-0.4, -0.2) is 37.0 Å². The van der Waals surface area contributed by atoms with Gasteiger partial charge in [-0.15, -0.1) is 0 Å². The number of fused-ring (bicyclic) bond motifs is 1. The first-order valence-electron chi connectivity index (χ1n) is 10.5. The zero-order valence-electron chi connectivity index (χ0n) is 17.7. The standard InChI is InChI=1S/C23H36O4/c1-7-19-20(25-22-21(19)26-23(5,6)27-22)18(14-24-15(2)3)13-16(4)17-11-9-8-10-12-17/h8-12,15-16,18-22H,7,13-14H2,1-6H3. The fourth-order valence-corrected chi connectivity index (χ4v) is 4.51. The minimum Gasteiger partial charge on any atom is -0.378 e. The van der Waals surface area contributed by atoms with Crippen molar-refractivity contribution in [3.05, 3.63) is 35.9 Å². The molecule has 2 saturated heterocycles. The SMILES string of the molecule is CCC1C(C(COC(C)C)CC(C)c2ccccc2)OC2OC(C)(C)OC21. The normalized spacial score (nSPS) is 31.8. The lowest BCUT2D eigenvalue weighted by Crippen LogP contribution is -2.36. The van der Waals surface area contributed by atoms with Crippen molar-refractivity contribution in [3.8, 4) is 0 Å². The van der Waals surface area contributed by atoms with Crippen molar-refractivity contribution in [2.24, 2.45) is 11.8 Å². The van der Waals surface area contributed by atoms with Gasteiger partial charge in [0, 0.05) is 11.8 Å². The van der Waals surface area contributed by atoms with E-state index in [-0.39, 0.29) is 24.6 Å². The monoisotopic (exact) mass is 376 g/mol. The number of ether oxygens (including phenoxy) is 4. The van der Waals surface area contributed by atoms with Gasteiger partial charge in [-0.05, 0) is 52.0 Å². The predicted octanol–water partition coefficient (Wildman–Crippen LogP) is 5.12. The van der Waals surface area contributed by atoms with Gasteiger partial charge in [0.1, 0.15) is 6.10 Å². The molecule has 0 saturated carbocycles.